The molecule has 0 atom stereocenters. The molecule has 0 aliphatic heterocycles. The van der Waals surface area contributed by atoms with E-state index < -0.39 is 6.09 Å². The van der Waals surface area contributed by atoms with Crippen LogP contribution in [0.15, 0.2) is 65.8 Å². The molecule has 5 nitrogen and oxygen atoms in total. The van der Waals surface area contributed by atoms with Gasteiger partial charge in [-0.25, -0.2) is 4.79 Å². The van der Waals surface area contributed by atoms with E-state index in [2.05, 4.69) is 41.9 Å². The van der Waals surface area contributed by atoms with Crippen LogP contribution in [0, 0.1) is 12.3 Å². The summed E-state index contributed by atoms with van der Waals surface area (Å²) < 4.78 is 2.23. The molecular weight excluding hydrogens is 398 g/mol. The van der Waals surface area contributed by atoms with E-state index in [4.69, 9.17) is 16.4 Å². The van der Waals surface area contributed by atoms with Crippen molar-refractivity contribution in [3.8, 4) is 5.69 Å². The van der Waals surface area contributed by atoms with Crippen LogP contribution < -0.4 is 5.32 Å². The molecule has 0 radical (unpaired) electrons. The summed E-state index contributed by atoms with van der Waals surface area (Å²) in [5.41, 5.74) is 5.77. The van der Waals surface area contributed by atoms with Gasteiger partial charge in [0, 0.05) is 33.3 Å². The van der Waals surface area contributed by atoms with Gasteiger partial charge in [0.1, 0.15) is 0 Å². The van der Waals surface area contributed by atoms with Crippen LogP contribution >= 0.6 is 11.6 Å². The average molecular weight is 422 g/mol. The van der Waals surface area contributed by atoms with Gasteiger partial charge in [-0.15, -0.1) is 0 Å². The summed E-state index contributed by atoms with van der Waals surface area (Å²) in [6.07, 6.45) is 1.02. The largest absolute Gasteiger partial charge is 0.437 e. The number of aryl methyl sites for hydroxylation is 1. The highest BCUT2D eigenvalue weighted by Gasteiger charge is 2.33. The topological polar surface area (TPSA) is 55.6 Å². The highest BCUT2D eigenvalue weighted by atomic mass is 35.5. The maximum absolute atomic E-state index is 12.2. The predicted molar refractivity (Wildman–Crippen MR) is 121 cm³/mol. The molecule has 0 saturated heterocycles. The first kappa shape index (κ1) is 20.2. The second-order valence-corrected chi connectivity index (χ2v) is 8.82. The number of hydrogen-bond donors (Lipinski definition) is 1. The van der Waals surface area contributed by atoms with Crippen molar-refractivity contribution in [2.75, 3.05) is 5.32 Å². The Bertz CT molecular complexity index is 1100. The smallest absolute Gasteiger partial charge is 0.318 e. The number of oxime groups is 1. The standard InChI is InChI=1S/C24H24ClN3O2/c1-16-13-20-21(27-30-23(29)26-18-7-5-4-6-8-18)14-24(2,3)15-22(20)28(16)19-11-9-17(25)10-12-19/h4-13H,14-15H2,1-3H3,(H,26,29)/b27-21+. The Morgan fingerprint density at radius 1 is 1.10 bits per heavy atom. The van der Waals surface area contributed by atoms with Gasteiger partial charge in [-0.05, 0) is 67.6 Å². The lowest BCUT2D eigenvalue weighted by Crippen LogP contribution is -2.29. The van der Waals surface area contributed by atoms with Crippen molar-refractivity contribution in [2.45, 2.75) is 33.6 Å². The molecule has 1 aromatic heterocycles. The van der Waals surface area contributed by atoms with E-state index in [-0.39, 0.29) is 5.41 Å². The Hall–Kier alpha value is -3.05. The molecule has 1 N–H and O–H groups in total. The van der Waals surface area contributed by atoms with E-state index >= 15 is 0 Å². The van der Waals surface area contributed by atoms with Crippen LogP contribution in [0.25, 0.3) is 5.69 Å². The number of hydrogen-bond acceptors (Lipinski definition) is 3. The minimum Gasteiger partial charge on any atom is -0.318 e. The van der Waals surface area contributed by atoms with E-state index in [0.29, 0.717) is 10.7 Å². The van der Waals surface area contributed by atoms with Gasteiger partial charge in [-0.2, -0.15) is 0 Å². The lowest BCUT2D eigenvalue weighted by Gasteiger charge is -2.31. The number of nitrogens with zero attached hydrogens (tertiary/aromatic N) is 2. The first-order valence-corrected chi connectivity index (χ1v) is 10.3. The lowest BCUT2D eigenvalue weighted by atomic mass is 9.76. The Morgan fingerprint density at radius 3 is 2.50 bits per heavy atom. The normalized spacial score (nSPS) is 16.2. The van der Waals surface area contributed by atoms with Crippen LogP contribution in [0.5, 0.6) is 0 Å². The Labute approximate surface area is 181 Å². The third-order valence-corrected chi connectivity index (χ3v) is 5.49. The van der Waals surface area contributed by atoms with Crippen LogP contribution in [0.1, 0.15) is 37.2 Å². The quantitative estimate of drug-likeness (QED) is 0.395. The molecular formula is C24H24ClN3O2. The van der Waals surface area contributed by atoms with Crippen molar-refractivity contribution >= 4 is 29.1 Å². The van der Waals surface area contributed by atoms with Crippen molar-refractivity contribution in [1.82, 2.24) is 4.57 Å². The number of halogens is 1. The van der Waals surface area contributed by atoms with E-state index in [1.807, 2.05) is 42.5 Å². The Kier molecular flexibility index (Phi) is 5.39. The summed E-state index contributed by atoms with van der Waals surface area (Å²) in [5, 5.41) is 7.64. The molecule has 0 fully saturated rings. The Balaban J connectivity index is 1.65. The number of aromatic nitrogens is 1. The molecule has 4 rings (SSSR count). The van der Waals surface area contributed by atoms with Crippen molar-refractivity contribution in [1.29, 1.82) is 0 Å². The van der Waals surface area contributed by atoms with Gasteiger partial charge in [-0.1, -0.05) is 48.8 Å². The molecule has 0 unspecified atom stereocenters. The fourth-order valence-corrected chi connectivity index (χ4v) is 4.09. The monoisotopic (exact) mass is 421 g/mol. The number of amides is 1. The third-order valence-electron chi connectivity index (χ3n) is 5.23. The van der Waals surface area contributed by atoms with Crippen molar-refractivity contribution in [3.63, 3.8) is 0 Å². The van der Waals surface area contributed by atoms with Crippen LogP contribution in [0.2, 0.25) is 5.02 Å². The van der Waals surface area contributed by atoms with Crippen LogP contribution in [0.3, 0.4) is 0 Å². The predicted octanol–water partition coefficient (Wildman–Crippen LogP) is 6.36. The van der Waals surface area contributed by atoms with Gasteiger partial charge in [0.15, 0.2) is 0 Å². The number of rotatable bonds is 3. The third kappa shape index (κ3) is 4.26. The van der Waals surface area contributed by atoms with E-state index in [9.17, 15) is 4.79 Å². The maximum atomic E-state index is 12.2. The van der Waals surface area contributed by atoms with Gasteiger partial charge in [0.05, 0.1) is 5.71 Å². The summed E-state index contributed by atoms with van der Waals surface area (Å²) >= 11 is 6.07. The molecule has 3 aromatic rings. The molecule has 1 heterocycles. The summed E-state index contributed by atoms with van der Waals surface area (Å²) in [6, 6.07) is 19.1. The zero-order valence-corrected chi connectivity index (χ0v) is 18.0. The second-order valence-electron chi connectivity index (χ2n) is 8.38. The van der Waals surface area contributed by atoms with Crippen LogP contribution in [0.4, 0.5) is 10.5 Å². The molecule has 1 aliphatic rings. The number of nitrogens with one attached hydrogen (secondary N) is 1. The first-order valence-electron chi connectivity index (χ1n) is 9.90. The summed E-state index contributed by atoms with van der Waals surface area (Å²) in [6.45, 7) is 6.47. The zero-order valence-electron chi connectivity index (χ0n) is 17.3. The molecule has 0 saturated carbocycles. The zero-order chi connectivity index (χ0) is 21.3. The minimum absolute atomic E-state index is 0.0138. The number of para-hydroxylation sites is 1. The molecule has 0 spiro atoms. The fourth-order valence-electron chi connectivity index (χ4n) is 3.97. The highest BCUT2D eigenvalue weighted by Crippen LogP contribution is 2.38. The van der Waals surface area contributed by atoms with Gasteiger partial charge < -0.3 is 4.57 Å². The molecule has 0 bridgehead atoms. The van der Waals surface area contributed by atoms with Crippen LogP contribution in [-0.2, 0) is 11.3 Å². The van der Waals surface area contributed by atoms with Crippen molar-refractivity contribution in [3.05, 3.63) is 82.6 Å². The van der Waals surface area contributed by atoms with E-state index in [1.165, 1.54) is 0 Å². The van der Waals surface area contributed by atoms with Gasteiger partial charge in [0.25, 0.3) is 0 Å². The van der Waals surface area contributed by atoms with Gasteiger partial charge in [0.2, 0.25) is 0 Å². The first-order chi connectivity index (χ1) is 14.3. The second kappa shape index (κ2) is 8.00. The minimum atomic E-state index is -0.604. The number of carbonyl (C=O) groups is 1. The number of anilines is 1. The SMILES string of the molecule is Cc1cc2c(n1-c1ccc(Cl)cc1)CC(C)(C)C/C2=N\OC(=O)Nc1ccccc1. The van der Waals surface area contributed by atoms with Crippen molar-refractivity contribution < 1.29 is 9.63 Å². The molecule has 6 heteroatoms. The van der Waals surface area contributed by atoms with Gasteiger partial charge in [-0.3, -0.25) is 10.2 Å². The van der Waals surface area contributed by atoms with Gasteiger partial charge >= 0.3 is 6.09 Å². The summed E-state index contributed by atoms with van der Waals surface area (Å²) in [5.74, 6) is 0. The van der Waals surface area contributed by atoms with E-state index in [0.717, 1.165) is 41.2 Å². The summed E-state index contributed by atoms with van der Waals surface area (Å²) in [7, 11) is 0. The summed E-state index contributed by atoms with van der Waals surface area (Å²) in [4.78, 5) is 17.4. The van der Waals surface area contributed by atoms with Crippen molar-refractivity contribution in [2.24, 2.45) is 10.6 Å². The lowest BCUT2D eigenvalue weighted by molar-refractivity contribution is 0.165. The fraction of sp³-hybridized carbons (Fsp3) is 0.250. The average Bonchev–Trinajstić information content (AvgIpc) is 3.02. The molecule has 1 amide bonds. The molecule has 30 heavy (non-hydrogen) atoms. The molecule has 2 aromatic carbocycles. The number of fused-ring (bicyclic) bond motifs is 1. The number of carbonyl (C=O) groups excluding carboxylic acids is 1. The molecule has 1 aliphatic carbocycles. The van der Waals surface area contributed by atoms with Crippen LogP contribution in [-0.4, -0.2) is 16.4 Å². The van der Waals surface area contributed by atoms with E-state index in [1.54, 1.807) is 12.1 Å². The highest BCUT2D eigenvalue weighted by molar-refractivity contribution is 6.30. The molecule has 154 valence electrons. The number of benzene rings is 2. The maximum Gasteiger partial charge on any atom is 0.437 e. The Morgan fingerprint density at radius 2 is 1.80 bits per heavy atom.